The van der Waals surface area contributed by atoms with Crippen LogP contribution < -0.4 is 16.0 Å². The molecule has 0 radical (unpaired) electrons. The Morgan fingerprint density at radius 2 is 2.06 bits per heavy atom. The number of thioether (sulfide) groups is 1. The van der Waals surface area contributed by atoms with E-state index in [9.17, 15) is 9.59 Å². The number of rotatable bonds is 7. The maximum absolute atomic E-state index is 11.8. The normalized spacial score (nSPS) is 22.4. The standard InChI is InChI=1S/C25H28N6O3S/c1-3-17(13-22-23(32)31-25(33)35-22)29-24(26-2)30-19-9-7-18(8-10-19)27-14-20-5-4-6-21(28-20)16-11-12-34-15-16/h3-6,11-13,15,18-19,27H,2,7-10,14H2,1H3,(H,29,30)(H,31,32,33)/b17-3-,22-13-/t18-,19-. The van der Waals surface area contributed by atoms with Gasteiger partial charge < -0.3 is 15.1 Å². The van der Waals surface area contributed by atoms with Gasteiger partial charge in [0.25, 0.3) is 11.1 Å². The van der Waals surface area contributed by atoms with E-state index in [4.69, 9.17) is 9.40 Å². The van der Waals surface area contributed by atoms with Gasteiger partial charge in [-0.2, -0.15) is 0 Å². The summed E-state index contributed by atoms with van der Waals surface area (Å²) in [6.07, 6.45) is 10.7. The van der Waals surface area contributed by atoms with Gasteiger partial charge in [-0.1, -0.05) is 12.1 Å². The SMILES string of the molecule is C=N\C(=N/C(=C\C)/C=C1\SC(=O)NC1=O)N[C@H]1CC[C@H](NCc2cccc(-c3ccoc3)n2)CC1. The number of hydrogen-bond donors (Lipinski definition) is 3. The molecule has 0 aromatic carbocycles. The van der Waals surface area contributed by atoms with Gasteiger partial charge in [0, 0.05) is 24.2 Å². The molecular formula is C25H28N6O3S. The summed E-state index contributed by atoms with van der Waals surface area (Å²) < 4.78 is 5.16. The summed E-state index contributed by atoms with van der Waals surface area (Å²) in [4.78, 5) is 36.7. The van der Waals surface area contributed by atoms with Crippen molar-refractivity contribution >= 4 is 35.6 Å². The highest BCUT2D eigenvalue weighted by molar-refractivity contribution is 8.18. The first-order valence-electron chi connectivity index (χ1n) is 11.5. The molecule has 2 aliphatic rings. The fourth-order valence-corrected chi connectivity index (χ4v) is 4.66. The molecule has 3 N–H and O–H groups in total. The molecule has 9 nitrogen and oxygen atoms in total. The van der Waals surface area contributed by atoms with E-state index in [0.717, 1.165) is 54.4 Å². The Morgan fingerprint density at radius 3 is 2.71 bits per heavy atom. The van der Waals surface area contributed by atoms with E-state index in [2.05, 4.69) is 32.7 Å². The summed E-state index contributed by atoms with van der Waals surface area (Å²) in [7, 11) is 0. The molecule has 182 valence electrons. The molecule has 3 heterocycles. The van der Waals surface area contributed by atoms with Crippen molar-refractivity contribution < 1.29 is 14.0 Å². The molecule has 2 aromatic rings. The molecule has 2 aromatic heterocycles. The van der Waals surface area contributed by atoms with E-state index in [1.54, 1.807) is 24.7 Å². The summed E-state index contributed by atoms with van der Waals surface area (Å²) >= 11 is 0.860. The van der Waals surface area contributed by atoms with Gasteiger partial charge in [0.1, 0.15) is 0 Å². The number of nitrogens with zero attached hydrogens (tertiary/aromatic N) is 3. The lowest BCUT2D eigenvalue weighted by Crippen LogP contribution is -2.41. The van der Waals surface area contributed by atoms with Gasteiger partial charge in [-0.3, -0.25) is 19.9 Å². The minimum absolute atomic E-state index is 0.233. The summed E-state index contributed by atoms with van der Waals surface area (Å²) in [6, 6.07) is 8.58. The lowest BCUT2D eigenvalue weighted by Gasteiger charge is -2.30. The Kier molecular flexibility index (Phi) is 8.27. The highest BCUT2D eigenvalue weighted by Gasteiger charge is 2.25. The zero-order valence-corrected chi connectivity index (χ0v) is 20.3. The smallest absolute Gasteiger partial charge is 0.290 e. The van der Waals surface area contributed by atoms with Gasteiger partial charge in [-0.15, -0.1) is 0 Å². The molecule has 35 heavy (non-hydrogen) atoms. The number of pyridine rings is 1. The third kappa shape index (κ3) is 6.77. The number of amides is 2. The van der Waals surface area contributed by atoms with Crippen LogP contribution >= 0.6 is 11.8 Å². The molecule has 0 atom stereocenters. The first-order valence-corrected chi connectivity index (χ1v) is 12.3. The van der Waals surface area contributed by atoms with Crippen molar-refractivity contribution in [3.63, 3.8) is 0 Å². The molecule has 1 saturated carbocycles. The fourth-order valence-electron chi connectivity index (χ4n) is 3.99. The van der Waals surface area contributed by atoms with Crippen molar-refractivity contribution in [1.82, 2.24) is 20.9 Å². The van der Waals surface area contributed by atoms with Crippen LogP contribution in [0.2, 0.25) is 0 Å². The average molecular weight is 493 g/mol. The maximum atomic E-state index is 11.8. The number of nitrogens with one attached hydrogen (secondary N) is 3. The first-order chi connectivity index (χ1) is 17.0. The lowest BCUT2D eigenvalue weighted by molar-refractivity contribution is -0.115. The predicted molar refractivity (Wildman–Crippen MR) is 138 cm³/mol. The second kappa shape index (κ2) is 11.8. The number of aromatic nitrogens is 1. The predicted octanol–water partition coefficient (Wildman–Crippen LogP) is 4.16. The minimum Gasteiger partial charge on any atom is -0.472 e. The minimum atomic E-state index is -0.412. The molecule has 1 aliphatic carbocycles. The largest absolute Gasteiger partial charge is 0.472 e. The van der Waals surface area contributed by atoms with Gasteiger partial charge in [0.05, 0.1) is 34.5 Å². The highest BCUT2D eigenvalue weighted by Crippen LogP contribution is 2.25. The van der Waals surface area contributed by atoms with Gasteiger partial charge >= 0.3 is 0 Å². The number of guanidine groups is 1. The summed E-state index contributed by atoms with van der Waals surface area (Å²) in [5, 5.41) is 8.84. The molecule has 0 unspecified atom stereocenters. The zero-order valence-electron chi connectivity index (χ0n) is 19.5. The lowest BCUT2D eigenvalue weighted by atomic mass is 9.91. The third-order valence-corrected chi connectivity index (χ3v) is 6.67. The molecular weight excluding hydrogens is 464 g/mol. The van der Waals surface area contributed by atoms with E-state index >= 15 is 0 Å². The Labute approximate surface area is 208 Å². The molecule has 2 fully saturated rings. The van der Waals surface area contributed by atoms with Crippen LogP contribution in [0.3, 0.4) is 0 Å². The van der Waals surface area contributed by atoms with Crippen LogP contribution in [-0.2, 0) is 11.3 Å². The van der Waals surface area contributed by atoms with Crippen LogP contribution in [0.4, 0.5) is 4.79 Å². The number of carbonyl (C=O) groups is 2. The Morgan fingerprint density at radius 1 is 1.26 bits per heavy atom. The molecule has 4 rings (SSSR count). The molecule has 0 spiro atoms. The third-order valence-electron chi connectivity index (χ3n) is 5.86. The monoisotopic (exact) mass is 492 g/mol. The quantitative estimate of drug-likeness (QED) is 0.301. The molecule has 0 bridgehead atoms. The Balaban J connectivity index is 1.27. The summed E-state index contributed by atoms with van der Waals surface area (Å²) in [5.74, 6) is -0.00815. The first kappa shape index (κ1) is 24.6. The number of aliphatic imine (C=N–C) groups is 2. The van der Waals surface area contributed by atoms with Gasteiger partial charge in [0.15, 0.2) is 0 Å². The molecule has 1 aliphatic heterocycles. The Hall–Kier alpha value is -3.50. The van der Waals surface area contributed by atoms with Crippen LogP contribution in [-0.4, -0.2) is 40.9 Å². The van der Waals surface area contributed by atoms with E-state index in [1.807, 2.05) is 31.2 Å². The van der Waals surface area contributed by atoms with Crippen LogP contribution in [0.25, 0.3) is 11.3 Å². The number of imide groups is 1. The van der Waals surface area contributed by atoms with Crippen LogP contribution in [0, 0.1) is 0 Å². The van der Waals surface area contributed by atoms with Crippen molar-refractivity contribution in [2.24, 2.45) is 9.98 Å². The Bertz CT molecular complexity index is 1160. The number of hydrogen-bond acceptors (Lipinski definition) is 7. The number of furan rings is 1. The van der Waals surface area contributed by atoms with Crippen molar-refractivity contribution in [2.45, 2.75) is 51.2 Å². The number of carbonyl (C=O) groups excluding carboxylic acids is 2. The second-order valence-corrected chi connectivity index (χ2v) is 9.27. The average Bonchev–Trinajstić information content (AvgIpc) is 3.52. The van der Waals surface area contributed by atoms with Crippen molar-refractivity contribution in [3.8, 4) is 11.3 Å². The maximum Gasteiger partial charge on any atom is 0.290 e. The van der Waals surface area contributed by atoms with E-state index in [0.29, 0.717) is 29.1 Å². The molecule has 1 saturated heterocycles. The topological polar surface area (TPSA) is 121 Å². The van der Waals surface area contributed by atoms with E-state index < -0.39 is 5.91 Å². The zero-order chi connectivity index (χ0) is 24.6. The van der Waals surface area contributed by atoms with Crippen molar-refractivity contribution in [2.75, 3.05) is 0 Å². The molecule has 2 amide bonds. The second-order valence-electron chi connectivity index (χ2n) is 8.26. The van der Waals surface area contributed by atoms with Gasteiger partial charge in [0.2, 0.25) is 5.96 Å². The van der Waals surface area contributed by atoms with Crippen LogP contribution in [0.1, 0.15) is 38.3 Å². The van der Waals surface area contributed by atoms with Crippen LogP contribution in [0.15, 0.2) is 73.9 Å². The van der Waals surface area contributed by atoms with Gasteiger partial charge in [-0.25, -0.2) is 9.98 Å². The molecule has 10 heteroatoms. The van der Waals surface area contributed by atoms with E-state index in [-0.39, 0.29) is 11.3 Å². The number of allylic oxidation sites excluding steroid dienone is 2. The van der Waals surface area contributed by atoms with E-state index in [1.165, 1.54) is 0 Å². The summed E-state index contributed by atoms with van der Waals surface area (Å²) in [6.45, 7) is 6.14. The fraction of sp³-hybridized carbons (Fsp3) is 0.320. The van der Waals surface area contributed by atoms with Gasteiger partial charge in [-0.05, 0) is 75.4 Å². The van der Waals surface area contributed by atoms with Crippen molar-refractivity contribution in [1.29, 1.82) is 0 Å². The van der Waals surface area contributed by atoms with Crippen LogP contribution in [0.5, 0.6) is 0 Å². The van der Waals surface area contributed by atoms with Crippen molar-refractivity contribution in [3.05, 3.63) is 65.2 Å². The highest BCUT2D eigenvalue weighted by atomic mass is 32.2. The summed E-state index contributed by atoms with van der Waals surface area (Å²) in [5.41, 5.74) is 3.41.